The van der Waals surface area contributed by atoms with Gasteiger partial charge in [-0.3, -0.25) is 0 Å². The number of fused-ring (bicyclic) bond motifs is 2. The molecule has 0 aromatic heterocycles. The molecule has 0 aliphatic carbocycles. The summed E-state index contributed by atoms with van der Waals surface area (Å²) in [5, 5.41) is 37.8. The van der Waals surface area contributed by atoms with Gasteiger partial charge in [-0.25, -0.2) is 0 Å². The Morgan fingerprint density at radius 1 is 0.435 bits per heavy atom. The normalized spacial score (nSPS) is 12.0. The molecule has 110 valence electrons. The van der Waals surface area contributed by atoms with Crippen LogP contribution in [0.15, 0.2) is 54.6 Å². The molecule has 5 aromatic carbocycles. The Morgan fingerprint density at radius 2 is 1.00 bits per heavy atom. The Kier molecular flexibility index (Phi) is 2.13. The third-order valence-corrected chi connectivity index (χ3v) is 4.72. The van der Waals surface area contributed by atoms with Gasteiger partial charge in [0.05, 0.1) is 0 Å². The van der Waals surface area contributed by atoms with Gasteiger partial charge in [0.1, 0.15) is 0 Å². The minimum absolute atomic E-state index is 0.274. The van der Waals surface area contributed by atoms with Crippen molar-refractivity contribution in [3.05, 3.63) is 54.6 Å². The molecule has 0 bridgehead atoms. The molecule has 5 aromatic rings. The molecular weight excluding hydrogens is 288 g/mol. The summed E-state index contributed by atoms with van der Waals surface area (Å²) in [7, 11) is 0. The molecule has 0 saturated carbocycles. The monoisotopic (exact) mass is 300 g/mol. The molecular formula is C20H12O3. The van der Waals surface area contributed by atoms with Crippen LogP contribution in [-0.4, -0.2) is 15.3 Å². The first-order valence-electron chi connectivity index (χ1n) is 7.40. The zero-order valence-corrected chi connectivity index (χ0v) is 12.0. The van der Waals surface area contributed by atoms with Crippen molar-refractivity contribution in [2.45, 2.75) is 0 Å². The van der Waals surface area contributed by atoms with Crippen LogP contribution in [0, 0.1) is 0 Å². The molecule has 0 atom stereocenters. The summed E-state index contributed by atoms with van der Waals surface area (Å²) in [6.07, 6.45) is 0. The van der Waals surface area contributed by atoms with Gasteiger partial charge in [0.25, 0.3) is 0 Å². The van der Waals surface area contributed by atoms with Gasteiger partial charge in [0.2, 0.25) is 5.75 Å². The van der Waals surface area contributed by atoms with Gasteiger partial charge in [-0.2, -0.15) is 0 Å². The molecule has 0 saturated heterocycles. The van der Waals surface area contributed by atoms with Crippen LogP contribution in [0.2, 0.25) is 0 Å². The number of phenols is 3. The van der Waals surface area contributed by atoms with Crippen molar-refractivity contribution in [2.24, 2.45) is 0 Å². The van der Waals surface area contributed by atoms with Crippen molar-refractivity contribution in [3.63, 3.8) is 0 Å². The average molecular weight is 300 g/mol. The summed E-state index contributed by atoms with van der Waals surface area (Å²) in [6.45, 7) is 0. The number of hydrogen-bond donors (Lipinski definition) is 3. The highest BCUT2D eigenvalue weighted by Crippen LogP contribution is 2.51. The standard InChI is InChI=1S/C20H12O3/c21-18-14-9-3-7-12-11-6-1-4-10-5-2-8-13(15(10)11)17(16(12)14)19(22)20(18)23/h1-9,21-23H. The average Bonchev–Trinajstić information content (AvgIpc) is 2.59. The van der Waals surface area contributed by atoms with Crippen LogP contribution in [0.3, 0.4) is 0 Å². The van der Waals surface area contributed by atoms with Crippen LogP contribution in [-0.2, 0) is 0 Å². The van der Waals surface area contributed by atoms with Crippen molar-refractivity contribution in [1.82, 2.24) is 0 Å². The summed E-state index contributed by atoms with van der Waals surface area (Å²) >= 11 is 0. The van der Waals surface area contributed by atoms with E-state index in [9.17, 15) is 15.3 Å². The topological polar surface area (TPSA) is 60.7 Å². The molecule has 0 aliphatic rings. The highest BCUT2D eigenvalue weighted by atomic mass is 16.3. The second-order valence-corrected chi connectivity index (χ2v) is 5.86. The fourth-order valence-corrected chi connectivity index (χ4v) is 3.76. The van der Waals surface area contributed by atoms with E-state index in [0.717, 1.165) is 32.3 Å². The Hall–Kier alpha value is -3.20. The molecule has 0 amide bonds. The molecule has 0 radical (unpaired) electrons. The fraction of sp³-hybridized carbons (Fsp3) is 0. The van der Waals surface area contributed by atoms with Crippen LogP contribution < -0.4 is 0 Å². The molecule has 0 unspecified atom stereocenters. The van der Waals surface area contributed by atoms with E-state index in [1.807, 2.05) is 48.5 Å². The zero-order chi connectivity index (χ0) is 15.7. The SMILES string of the molecule is Oc1c(O)c2cccc3c4cccc5cccc(c(c1O)c23)c54. The molecule has 0 aliphatic heterocycles. The van der Waals surface area contributed by atoms with Gasteiger partial charge < -0.3 is 15.3 Å². The van der Waals surface area contributed by atoms with Crippen molar-refractivity contribution in [1.29, 1.82) is 0 Å². The van der Waals surface area contributed by atoms with E-state index in [2.05, 4.69) is 0 Å². The maximum Gasteiger partial charge on any atom is 0.201 e. The van der Waals surface area contributed by atoms with E-state index in [1.165, 1.54) is 0 Å². The predicted molar refractivity (Wildman–Crippen MR) is 92.6 cm³/mol. The summed E-state index contributed by atoms with van der Waals surface area (Å²) in [4.78, 5) is 0. The molecule has 5 rings (SSSR count). The lowest BCUT2D eigenvalue weighted by Gasteiger charge is -2.16. The second-order valence-electron chi connectivity index (χ2n) is 5.86. The van der Waals surface area contributed by atoms with Gasteiger partial charge in [-0.05, 0) is 26.9 Å². The fourth-order valence-electron chi connectivity index (χ4n) is 3.76. The molecule has 0 heterocycles. The van der Waals surface area contributed by atoms with Crippen molar-refractivity contribution < 1.29 is 15.3 Å². The maximum atomic E-state index is 10.5. The van der Waals surface area contributed by atoms with Crippen LogP contribution in [0.25, 0.3) is 43.1 Å². The molecule has 3 nitrogen and oxygen atoms in total. The van der Waals surface area contributed by atoms with Gasteiger partial charge >= 0.3 is 0 Å². The van der Waals surface area contributed by atoms with Gasteiger partial charge in [0, 0.05) is 16.2 Å². The first-order valence-corrected chi connectivity index (χ1v) is 7.40. The molecule has 3 heteroatoms. The molecule has 0 fully saturated rings. The number of aromatic hydroxyl groups is 3. The highest BCUT2D eigenvalue weighted by Gasteiger charge is 2.21. The van der Waals surface area contributed by atoms with E-state index in [4.69, 9.17) is 0 Å². The van der Waals surface area contributed by atoms with Gasteiger partial charge in [0.15, 0.2) is 11.5 Å². The zero-order valence-electron chi connectivity index (χ0n) is 12.0. The van der Waals surface area contributed by atoms with E-state index >= 15 is 0 Å². The summed E-state index contributed by atoms with van der Waals surface area (Å²) in [5.41, 5.74) is 0. The molecule has 3 N–H and O–H groups in total. The summed E-state index contributed by atoms with van der Waals surface area (Å²) in [5.74, 6) is -1.03. The lowest BCUT2D eigenvalue weighted by atomic mass is 9.89. The second kappa shape index (κ2) is 3.96. The summed E-state index contributed by atoms with van der Waals surface area (Å²) < 4.78 is 0. The number of benzene rings is 5. The Bertz CT molecular complexity index is 1230. The van der Waals surface area contributed by atoms with E-state index in [1.54, 1.807) is 6.07 Å². The van der Waals surface area contributed by atoms with Crippen LogP contribution in [0.4, 0.5) is 0 Å². The van der Waals surface area contributed by atoms with Crippen LogP contribution >= 0.6 is 0 Å². The third kappa shape index (κ3) is 1.35. The Balaban J connectivity index is 2.32. The Labute approximate surface area is 131 Å². The van der Waals surface area contributed by atoms with Crippen molar-refractivity contribution >= 4 is 43.1 Å². The minimum Gasteiger partial charge on any atom is -0.504 e. The molecule has 0 spiro atoms. The lowest BCUT2D eigenvalue weighted by molar-refractivity contribution is 0.374. The van der Waals surface area contributed by atoms with Crippen molar-refractivity contribution in [3.8, 4) is 17.2 Å². The van der Waals surface area contributed by atoms with Crippen LogP contribution in [0.5, 0.6) is 17.2 Å². The van der Waals surface area contributed by atoms with Gasteiger partial charge in [-0.1, -0.05) is 54.6 Å². The first kappa shape index (κ1) is 12.4. The Morgan fingerprint density at radius 3 is 1.74 bits per heavy atom. The lowest BCUT2D eigenvalue weighted by Crippen LogP contribution is -1.88. The predicted octanol–water partition coefficient (Wildman–Crippen LogP) is 4.85. The first-order chi connectivity index (χ1) is 11.2. The van der Waals surface area contributed by atoms with E-state index < -0.39 is 5.75 Å². The van der Waals surface area contributed by atoms with Crippen LogP contribution in [0.1, 0.15) is 0 Å². The van der Waals surface area contributed by atoms with Crippen molar-refractivity contribution in [2.75, 3.05) is 0 Å². The highest BCUT2D eigenvalue weighted by molar-refractivity contribution is 6.35. The number of hydrogen-bond acceptors (Lipinski definition) is 3. The largest absolute Gasteiger partial charge is 0.504 e. The molecule has 23 heavy (non-hydrogen) atoms. The smallest absolute Gasteiger partial charge is 0.201 e. The van der Waals surface area contributed by atoms with E-state index in [0.29, 0.717) is 10.8 Å². The maximum absolute atomic E-state index is 10.5. The van der Waals surface area contributed by atoms with E-state index in [-0.39, 0.29) is 11.5 Å². The summed E-state index contributed by atoms with van der Waals surface area (Å²) in [6, 6.07) is 17.6. The third-order valence-electron chi connectivity index (χ3n) is 4.72. The number of phenolic OH excluding ortho intramolecular Hbond substituents is 3. The minimum atomic E-state index is -0.471. The quantitative estimate of drug-likeness (QED) is 0.217. The number of rotatable bonds is 0. The van der Waals surface area contributed by atoms with Gasteiger partial charge in [-0.15, -0.1) is 0 Å².